The summed E-state index contributed by atoms with van der Waals surface area (Å²) in [6, 6.07) is 11.8. The molecule has 3 amide bonds. The number of piperidine rings is 1. The van der Waals surface area contributed by atoms with Crippen molar-refractivity contribution in [3.8, 4) is 0 Å². The van der Waals surface area contributed by atoms with Crippen LogP contribution < -0.4 is 10.6 Å². The molecular weight excluding hydrogens is 561 g/mol. The predicted molar refractivity (Wildman–Crippen MR) is 154 cm³/mol. The fourth-order valence-corrected chi connectivity index (χ4v) is 5.32. The van der Waals surface area contributed by atoms with E-state index >= 15 is 0 Å². The van der Waals surface area contributed by atoms with Gasteiger partial charge >= 0.3 is 5.97 Å². The Morgan fingerprint density at radius 3 is 2.41 bits per heavy atom. The molecule has 2 aromatic carbocycles. The maximum Gasteiger partial charge on any atom is 0.330 e. The third-order valence-corrected chi connectivity index (χ3v) is 8.18. The molecule has 8 nitrogen and oxygen atoms in total. The van der Waals surface area contributed by atoms with Crippen LogP contribution in [0, 0.1) is 5.92 Å². The van der Waals surface area contributed by atoms with E-state index in [1.165, 1.54) is 24.9 Å². The van der Waals surface area contributed by atoms with Gasteiger partial charge < -0.3 is 20.3 Å². The minimum Gasteiger partial charge on any atom is -0.467 e. The van der Waals surface area contributed by atoms with E-state index in [-0.39, 0.29) is 36.6 Å². The van der Waals surface area contributed by atoms with E-state index in [0.29, 0.717) is 41.5 Å². The van der Waals surface area contributed by atoms with Gasteiger partial charge in [-0.1, -0.05) is 59.6 Å². The third kappa shape index (κ3) is 8.74. The van der Waals surface area contributed by atoms with E-state index < -0.39 is 12.0 Å². The molecule has 1 aliphatic rings. The van der Waals surface area contributed by atoms with E-state index in [4.69, 9.17) is 27.9 Å². The number of amides is 3. The van der Waals surface area contributed by atoms with Gasteiger partial charge in [0.05, 0.1) is 23.6 Å². The second kappa shape index (κ2) is 15.0. The van der Waals surface area contributed by atoms with Crippen molar-refractivity contribution in [3.63, 3.8) is 0 Å². The van der Waals surface area contributed by atoms with Crippen LogP contribution in [-0.4, -0.2) is 67.6 Å². The van der Waals surface area contributed by atoms with Gasteiger partial charge in [-0.15, -0.1) is 11.8 Å². The first-order valence-corrected chi connectivity index (χ1v) is 14.4. The maximum absolute atomic E-state index is 12.9. The number of nitrogens with zero attached hydrogens (tertiary/aromatic N) is 1. The van der Waals surface area contributed by atoms with Gasteiger partial charge in [0.1, 0.15) is 6.04 Å². The molecule has 2 aromatic rings. The van der Waals surface area contributed by atoms with E-state index in [0.717, 1.165) is 10.5 Å². The Labute approximate surface area is 242 Å². The van der Waals surface area contributed by atoms with Crippen LogP contribution >= 0.6 is 35.0 Å². The van der Waals surface area contributed by atoms with E-state index in [1.54, 1.807) is 11.0 Å². The Morgan fingerprint density at radius 1 is 1.08 bits per heavy atom. The topological polar surface area (TPSA) is 105 Å². The molecule has 0 radical (unpaired) electrons. The van der Waals surface area contributed by atoms with Crippen LogP contribution in [0.25, 0.3) is 6.08 Å². The van der Waals surface area contributed by atoms with E-state index in [1.807, 2.05) is 48.7 Å². The highest BCUT2D eigenvalue weighted by Gasteiger charge is 2.30. The van der Waals surface area contributed by atoms with Crippen molar-refractivity contribution in [1.82, 2.24) is 15.5 Å². The summed E-state index contributed by atoms with van der Waals surface area (Å²) in [7, 11) is 1.23. The average Bonchev–Trinajstić information content (AvgIpc) is 2.96. The number of esters is 1. The second-order valence-corrected chi connectivity index (χ2v) is 10.6. The molecule has 208 valence electrons. The van der Waals surface area contributed by atoms with E-state index in [2.05, 4.69) is 10.6 Å². The Morgan fingerprint density at radius 2 is 1.77 bits per heavy atom. The van der Waals surface area contributed by atoms with Crippen LogP contribution in [-0.2, 0) is 30.3 Å². The standard InChI is InChI=1S/C28H31Cl2N3O5S/c1-38-28(37)21(17-31-23(34)16-18-6-4-3-5-7-18)32-27(36)20-12-14-33(15-13-20)24(35)11-9-19-8-10-22(39-2)26(30)25(19)29/h3-11,20-21H,12-17H2,1-2H3,(H,31,34)(H,32,36)/b11-9+/t21-/m0/s1. The molecule has 3 rings (SSSR count). The fraction of sp³-hybridized carbons (Fsp3) is 0.357. The number of nitrogens with one attached hydrogen (secondary N) is 2. The second-order valence-electron chi connectivity index (χ2n) is 8.97. The number of benzene rings is 2. The summed E-state index contributed by atoms with van der Waals surface area (Å²) in [5.74, 6) is -1.81. The molecule has 0 aliphatic carbocycles. The lowest BCUT2D eigenvalue weighted by atomic mass is 9.95. The SMILES string of the molecule is COC(=O)[C@H](CNC(=O)Cc1ccccc1)NC(=O)C1CCN(C(=O)/C=C/c2ccc(SC)c(Cl)c2Cl)CC1. The Balaban J connectivity index is 1.50. The number of hydrogen-bond donors (Lipinski definition) is 2. The lowest BCUT2D eigenvalue weighted by Crippen LogP contribution is -2.52. The van der Waals surface area contributed by atoms with Crippen molar-refractivity contribution >= 4 is 64.7 Å². The van der Waals surface area contributed by atoms with Gasteiger partial charge in [-0.3, -0.25) is 14.4 Å². The molecular formula is C28H31Cl2N3O5S. The molecule has 11 heteroatoms. The van der Waals surface area contributed by atoms with Gasteiger partial charge in [0.25, 0.3) is 0 Å². The molecule has 39 heavy (non-hydrogen) atoms. The smallest absolute Gasteiger partial charge is 0.330 e. The number of carbonyl (C=O) groups is 4. The Bertz CT molecular complexity index is 1220. The zero-order valence-electron chi connectivity index (χ0n) is 21.7. The zero-order valence-corrected chi connectivity index (χ0v) is 24.1. The highest BCUT2D eigenvalue weighted by atomic mass is 35.5. The summed E-state index contributed by atoms with van der Waals surface area (Å²) >= 11 is 14.1. The Kier molecular flexibility index (Phi) is 11.7. The summed E-state index contributed by atoms with van der Waals surface area (Å²) in [5.41, 5.74) is 1.48. The molecule has 2 N–H and O–H groups in total. The van der Waals surface area contributed by atoms with Gasteiger partial charge in [0, 0.05) is 36.5 Å². The summed E-state index contributed by atoms with van der Waals surface area (Å²) in [6.07, 6.45) is 6.02. The summed E-state index contributed by atoms with van der Waals surface area (Å²) in [5, 5.41) is 6.22. The first kappa shape index (κ1) is 30.5. The summed E-state index contributed by atoms with van der Waals surface area (Å²) < 4.78 is 4.81. The molecule has 1 atom stereocenters. The maximum atomic E-state index is 12.9. The van der Waals surface area contributed by atoms with Gasteiger partial charge in [-0.2, -0.15) is 0 Å². The highest BCUT2D eigenvalue weighted by Crippen LogP contribution is 2.35. The number of thioether (sulfide) groups is 1. The van der Waals surface area contributed by atoms with Crippen LogP contribution in [0.4, 0.5) is 0 Å². The number of halogens is 2. The largest absolute Gasteiger partial charge is 0.467 e. The van der Waals surface area contributed by atoms with Gasteiger partial charge in [0.2, 0.25) is 17.7 Å². The lowest BCUT2D eigenvalue weighted by molar-refractivity contribution is -0.145. The first-order valence-electron chi connectivity index (χ1n) is 12.4. The molecule has 0 saturated carbocycles. The number of carbonyl (C=O) groups excluding carboxylic acids is 4. The minimum atomic E-state index is -1.01. The summed E-state index contributed by atoms with van der Waals surface area (Å²) in [4.78, 5) is 52.7. The fourth-order valence-electron chi connectivity index (χ4n) is 4.15. The van der Waals surface area contributed by atoms with Crippen molar-refractivity contribution in [1.29, 1.82) is 0 Å². The lowest BCUT2D eigenvalue weighted by Gasteiger charge is -2.31. The minimum absolute atomic E-state index is 0.0866. The van der Waals surface area contributed by atoms with Gasteiger partial charge in [-0.05, 0) is 42.4 Å². The van der Waals surface area contributed by atoms with Crippen molar-refractivity contribution < 1.29 is 23.9 Å². The van der Waals surface area contributed by atoms with Crippen molar-refractivity contribution in [3.05, 3.63) is 69.7 Å². The first-order chi connectivity index (χ1) is 18.7. The van der Waals surface area contributed by atoms with Crippen LogP contribution in [0.5, 0.6) is 0 Å². The summed E-state index contributed by atoms with van der Waals surface area (Å²) in [6.45, 7) is 0.687. The van der Waals surface area contributed by atoms with Crippen LogP contribution in [0.3, 0.4) is 0 Å². The van der Waals surface area contributed by atoms with E-state index in [9.17, 15) is 19.2 Å². The molecule has 1 saturated heterocycles. The Hall–Kier alpha value is -3.01. The molecule has 0 aromatic heterocycles. The number of rotatable bonds is 10. The molecule has 1 fully saturated rings. The predicted octanol–water partition coefficient (Wildman–Crippen LogP) is 3.98. The van der Waals surface area contributed by atoms with Gasteiger partial charge in [0.15, 0.2) is 0 Å². The van der Waals surface area contributed by atoms with Crippen LogP contribution in [0.2, 0.25) is 10.0 Å². The van der Waals surface area contributed by atoms with Crippen molar-refractivity contribution in [2.45, 2.75) is 30.2 Å². The van der Waals surface area contributed by atoms with Gasteiger partial charge in [-0.25, -0.2) is 4.79 Å². The quantitative estimate of drug-likeness (QED) is 0.246. The molecule has 0 bridgehead atoms. The van der Waals surface area contributed by atoms with Crippen LogP contribution in [0.15, 0.2) is 53.4 Å². The van der Waals surface area contributed by atoms with Crippen molar-refractivity contribution in [2.24, 2.45) is 5.92 Å². The highest BCUT2D eigenvalue weighted by molar-refractivity contribution is 7.98. The number of methoxy groups -OCH3 is 1. The molecule has 0 spiro atoms. The average molecular weight is 593 g/mol. The molecule has 1 aliphatic heterocycles. The molecule has 0 unspecified atom stereocenters. The molecule has 1 heterocycles. The van der Waals surface area contributed by atoms with Crippen molar-refractivity contribution in [2.75, 3.05) is 33.0 Å². The van der Waals surface area contributed by atoms with Crippen LogP contribution in [0.1, 0.15) is 24.0 Å². The zero-order chi connectivity index (χ0) is 28.4. The normalized spacial score (nSPS) is 14.6. The third-order valence-electron chi connectivity index (χ3n) is 6.39. The number of ether oxygens (including phenoxy) is 1. The number of likely N-dealkylation sites (tertiary alicyclic amines) is 1. The number of hydrogen-bond acceptors (Lipinski definition) is 6. The monoisotopic (exact) mass is 591 g/mol.